The predicted octanol–water partition coefficient (Wildman–Crippen LogP) is 3.13. The summed E-state index contributed by atoms with van der Waals surface area (Å²) in [5.41, 5.74) is 1.47. The van der Waals surface area contributed by atoms with Crippen LogP contribution in [-0.2, 0) is 4.74 Å². The minimum Gasteiger partial charge on any atom is -0.492 e. The van der Waals surface area contributed by atoms with Crippen LogP contribution in [0.5, 0.6) is 17.2 Å². The molecule has 4 rings (SSSR count). The highest BCUT2D eigenvalue weighted by atomic mass is 16.5. The van der Waals surface area contributed by atoms with Gasteiger partial charge in [0.2, 0.25) is 5.75 Å². The summed E-state index contributed by atoms with van der Waals surface area (Å²) in [5, 5.41) is 11.9. The molecule has 2 aromatic rings. The fourth-order valence-corrected chi connectivity index (χ4v) is 3.44. The van der Waals surface area contributed by atoms with Crippen LogP contribution in [0.25, 0.3) is 22.3 Å². The third-order valence-electron chi connectivity index (χ3n) is 4.55. The second-order valence-corrected chi connectivity index (χ2v) is 5.92. The van der Waals surface area contributed by atoms with Crippen molar-refractivity contribution in [1.29, 1.82) is 0 Å². The number of aliphatic hydroxyl groups is 1. The summed E-state index contributed by atoms with van der Waals surface area (Å²) in [4.78, 5) is 4.51. The Kier molecular flexibility index (Phi) is 3.77. The van der Waals surface area contributed by atoms with Crippen molar-refractivity contribution < 1.29 is 24.1 Å². The van der Waals surface area contributed by atoms with E-state index in [-0.39, 0.29) is 0 Å². The Labute approximate surface area is 145 Å². The van der Waals surface area contributed by atoms with Gasteiger partial charge < -0.3 is 24.1 Å². The number of pyridine rings is 1. The van der Waals surface area contributed by atoms with Gasteiger partial charge in [0.05, 0.1) is 33.0 Å². The quantitative estimate of drug-likeness (QED) is 0.925. The van der Waals surface area contributed by atoms with Gasteiger partial charge in [-0.05, 0) is 31.1 Å². The first-order valence-corrected chi connectivity index (χ1v) is 8.07. The van der Waals surface area contributed by atoms with Crippen LogP contribution in [0.4, 0.5) is 0 Å². The van der Waals surface area contributed by atoms with Gasteiger partial charge in [0.1, 0.15) is 17.2 Å². The van der Waals surface area contributed by atoms with Crippen molar-refractivity contribution >= 4 is 22.3 Å². The minimum absolute atomic E-state index is 0.458. The smallest absolute Gasteiger partial charge is 0.204 e. The zero-order valence-electron chi connectivity index (χ0n) is 14.3. The molecule has 6 nitrogen and oxygen atoms in total. The van der Waals surface area contributed by atoms with Crippen molar-refractivity contribution in [3.8, 4) is 17.2 Å². The molecule has 2 aliphatic heterocycles. The number of hydrogen-bond donors (Lipinski definition) is 1. The summed E-state index contributed by atoms with van der Waals surface area (Å²) >= 11 is 0. The Morgan fingerprint density at radius 3 is 2.36 bits per heavy atom. The molecular formula is C19H19NO5. The second kappa shape index (κ2) is 5.97. The van der Waals surface area contributed by atoms with Crippen LogP contribution in [-0.4, -0.2) is 37.5 Å². The molecule has 1 aromatic carbocycles. The van der Waals surface area contributed by atoms with Gasteiger partial charge >= 0.3 is 0 Å². The summed E-state index contributed by atoms with van der Waals surface area (Å²) in [5.74, 6) is 2.90. The van der Waals surface area contributed by atoms with E-state index in [9.17, 15) is 5.11 Å². The fraction of sp³-hybridized carbons (Fsp3) is 0.316. The van der Waals surface area contributed by atoms with Gasteiger partial charge in [-0.2, -0.15) is 0 Å². The van der Waals surface area contributed by atoms with Gasteiger partial charge in [-0.1, -0.05) is 0 Å². The highest BCUT2D eigenvalue weighted by molar-refractivity contribution is 6.08. The number of aromatic nitrogens is 1. The zero-order valence-corrected chi connectivity index (χ0v) is 14.3. The molecule has 0 saturated carbocycles. The van der Waals surface area contributed by atoms with Crippen LogP contribution in [0.15, 0.2) is 24.4 Å². The number of benzene rings is 1. The molecule has 0 saturated heterocycles. The Bertz CT molecular complexity index is 916. The molecule has 0 spiro atoms. The zero-order chi connectivity index (χ0) is 17.6. The van der Waals surface area contributed by atoms with E-state index in [4.69, 9.17) is 18.9 Å². The molecule has 2 bridgehead atoms. The van der Waals surface area contributed by atoms with E-state index in [0.29, 0.717) is 47.3 Å². The number of methoxy groups -OCH3 is 3. The molecular weight excluding hydrogens is 322 g/mol. The van der Waals surface area contributed by atoms with Crippen molar-refractivity contribution in [3.05, 3.63) is 35.7 Å². The lowest BCUT2D eigenvalue weighted by Crippen LogP contribution is -2.13. The molecule has 25 heavy (non-hydrogen) atoms. The molecule has 130 valence electrons. The molecule has 0 aliphatic carbocycles. The van der Waals surface area contributed by atoms with Crippen molar-refractivity contribution in [3.63, 3.8) is 0 Å². The molecule has 0 amide bonds. The number of hydrogen-bond acceptors (Lipinski definition) is 6. The van der Waals surface area contributed by atoms with Gasteiger partial charge in [0, 0.05) is 17.0 Å². The van der Waals surface area contributed by atoms with Gasteiger partial charge in [0.15, 0.2) is 11.5 Å². The molecule has 3 heterocycles. The molecule has 1 aromatic heterocycles. The number of aliphatic hydroxyl groups excluding tert-OH is 1. The number of nitrogens with zero attached hydrogens (tertiary/aromatic N) is 1. The summed E-state index contributed by atoms with van der Waals surface area (Å²) in [6.45, 7) is 0. The van der Waals surface area contributed by atoms with Crippen LogP contribution < -0.4 is 14.2 Å². The van der Waals surface area contributed by atoms with E-state index in [0.717, 1.165) is 16.3 Å². The SMILES string of the molecule is COc1c(OC)c2c3c(nccc3c1OC)/C1=C/C[C@@H](O)CC=C2O1. The Hall–Kier alpha value is -2.73. The second-order valence-electron chi connectivity index (χ2n) is 5.92. The predicted molar refractivity (Wildman–Crippen MR) is 93.7 cm³/mol. The van der Waals surface area contributed by atoms with Gasteiger partial charge in [-0.3, -0.25) is 4.98 Å². The van der Waals surface area contributed by atoms with Crippen LogP contribution in [0.3, 0.4) is 0 Å². The van der Waals surface area contributed by atoms with Gasteiger partial charge in [0.25, 0.3) is 0 Å². The van der Waals surface area contributed by atoms with Crippen LogP contribution >= 0.6 is 0 Å². The van der Waals surface area contributed by atoms with E-state index in [1.165, 1.54) is 0 Å². The van der Waals surface area contributed by atoms with Gasteiger partial charge in [-0.15, -0.1) is 0 Å². The van der Waals surface area contributed by atoms with Crippen LogP contribution in [0, 0.1) is 0 Å². The maximum absolute atomic E-state index is 10.1. The third kappa shape index (κ3) is 2.25. The van der Waals surface area contributed by atoms with E-state index >= 15 is 0 Å². The van der Waals surface area contributed by atoms with E-state index in [1.807, 2.05) is 18.2 Å². The van der Waals surface area contributed by atoms with Gasteiger partial charge in [-0.25, -0.2) is 0 Å². The standard InChI is InChI=1S/C19H19NO5/c1-22-17-11-8-9-20-16-13-7-5-10(21)4-6-12(25-13)15(14(11)16)18(23-2)19(17)24-3/h6-10,21H,4-5H2,1-3H3/b12-6?,13-7-/t10-/m0/s1. The van der Waals surface area contributed by atoms with E-state index in [2.05, 4.69) is 4.98 Å². The first kappa shape index (κ1) is 15.8. The molecule has 6 heteroatoms. The number of rotatable bonds is 3. The van der Waals surface area contributed by atoms with Crippen molar-refractivity contribution in [2.24, 2.45) is 0 Å². The first-order valence-electron chi connectivity index (χ1n) is 8.07. The number of ether oxygens (including phenoxy) is 4. The molecule has 0 radical (unpaired) electrons. The molecule has 0 unspecified atom stereocenters. The molecule has 2 aliphatic rings. The first-order chi connectivity index (χ1) is 12.2. The number of fused-ring (bicyclic) bond motifs is 4. The van der Waals surface area contributed by atoms with E-state index in [1.54, 1.807) is 27.5 Å². The third-order valence-corrected chi connectivity index (χ3v) is 4.55. The summed E-state index contributed by atoms with van der Waals surface area (Å²) < 4.78 is 22.9. The lowest BCUT2D eigenvalue weighted by atomic mass is 9.93. The van der Waals surface area contributed by atoms with Crippen molar-refractivity contribution in [2.45, 2.75) is 18.9 Å². The average Bonchev–Trinajstić information content (AvgIpc) is 2.63. The molecule has 0 fully saturated rings. The highest BCUT2D eigenvalue weighted by Gasteiger charge is 2.32. The van der Waals surface area contributed by atoms with Crippen molar-refractivity contribution in [1.82, 2.24) is 4.98 Å². The topological polar surface area (TPSA) is 70.0 Å². The van der Waals surface area contributed by atoms with Crippen LogP contribution in [0.2, 0.25) is 0 Å². The Morgan fingerprint density at radius 2 is 1.68 bits per heavy atom. The average molecular weight is 341 g/mol. The Balaban J connectivity index is 2.19. The molecule has 1 atom stereocenters. The largest absolute Gasteiger partial charge is 0.492 e. The monoisotopic (exact) mass is 341 g/mol. The normalized spacial score (nSPS) is 20.6. The lowest BCUT2D eigenvalue weighted by molar-refractivity contribution is 0.179. The maximum Gasteiger partial charge on any atom is 0.204 e. The maximum atomic E-state index is 10.1. The highest BCUT2D eigenvalue weighted by Crippen LogP contribution is 2.53. The Morgan fingerprint density at radius 1 is 1.00 bits per heavy atom. The molecule has 1 N–H and O–H groups in total. The van der Waals surface area contributed by atoms with Crippen molar-refractivity contribution in [2.75, 3.05) is 21.3 Å². The lowest BCUT2D eigenvalue weighted by Gasteiger charge is -2.28. The summed E-state index contributed by atoms with van der Waals surface area (Å²) in [7, 11) is 4.76. The summed E-state index contributed by atoms with van der Waals surface area (Å²) in [6.07, 6.45) is 6.03. The minimum atomic E-state index is -0.458. The fourth-order valence-electron chi connectivity index (χ4n) is 3.44. The van der Waals surface area contributed by atoms with E-state index < -0.39 is 6.10 Å². The van der Waals surface area contributed by atoms with Crippen LogP contribution in [0.1, 0.15) is 24.1 Å². The summed E-state index contributed by atoms with van der Waals surface area (Å²) in [6, 6.07) is 1.89.